The van der Waals surface area contributed by atoms with Crippen LogP contribution in [0.25, 0.3) is 0 Å². The molecule has 1 rings (SSSR count). The molecule has 2 heteroatoms. The first-order valence-electron chi connectivity index (χ1n) is 12.3. The smallest absolute Gasteiger partial charge is 0.306 e. The minimum atomic E-state index is -0.0357. The summed E-state index contributed by atoms with van der Waals surface area (Å²) < 4.78 is 5.70. The molecule has 0 N–H and O–H groups in total. The van der Waals surface area contributed by atoms with Gasteiger partial charge in [-0.25, -0.2) is 0 Å². The molecule has 166 valence electrons. The molecule has 0 amide bonds. The predicted octanol–water partition coefficient (Wildman–Crippen LogP) is 8.12. The van der Waals surface area contributed by atoms with Gasteiger partial charge in [0.1, 0.15) is 0 Å². The molecule has 0 fully saturated rings. The Balaban J connectivity index is 2.33. The second-order valence-electron chi connectivity index (χ2n) is 8.88. The molecule has 1 aromatic rings. The molecule has 0 aromatic heterocycles. The molecule has 0 saturated heterocycles. The van der Waals surface area contributed by atoms with E-state index in [1.54, 1.807) is 0 Å². The van der Waals surface area contributed by atoms with E-state index in [4.69, 9.17) is 4.74 Å². The van der Waals surface area contributed by atoms with Gasteiger partial charge in [-0.3, -0.25) is 4.79 Å². The Morgan fingerprint density at radius 3 is 2.07 bits per heavy atom. The zero-order valence-corrected chi connectivity index (χ0v) is 19.7. The van der Waals surface area contributed by atoms with Crippen molar-refractivity contribution in [2.24, 2.45) is 5.92 Å². The topological polar surface area (TPSA) is 26.3 Å². The fourth-order valence-electron chi connectivity index (χ4n) is 4.03. The molecular weight excluding hydrogens is 356 g/mol. The summed E-state index contributed by atoms with van der Waals surface area (Å²) in [5, 5.41) is 0. The van der Waals surface area contributed by atoms with Crippen molar-refractivity contribution in [1.82, 2.24) is 0 Å². The number of aryl methyl sites for hydroxylation is 3. The van der Waals surface area contributed by atoms with E-state index in [0.717, 1.165) is 6.42 Å². The molecular formula is C27H46O2. The van der Waals surface area contributed by atoms with E-state index >= 15 is 0 Å². The van der Waals surface area contributed by atoms with E-state index in [0.29, 0.717) is 18.9 Å². The molecule has 0 radical (unpaired) electrons. The molecule has 2 nitrogen and oxygen atoms in total. The monoisotopic (exact) mass is 402 g/mol. The lowest BCUT2D eigenvalue weighted by Gasteiger charge is -2.17. The third kappa shape index (κ3) is 12.8. The summed E-state index contributed by atoms with van der Waals surface area (Å²) >= 11 is 0. The number of carbonyl (C=O) groups excluding carboxylic acids is 1. The second kappa shape index (κ2) is 16.5. The molecule has 0 heterocycles. The molecule has 1 atom stereocenters. The lowest BCUT2D eigenvalue weighted by molar-refractivity contribution is -0.145. The van der Waals surface area contributed by atoms with Crippen LogP contribution in [0.2, 0.25) is 0 Å². The van der Waals surface area contributed by atoms with Crippen LogP contribution < -0.4 is 0 Å². The number of carbonyl (C=O) groups is 1. The van der Waals surface area contributed by atoms with Gasteiger partial charge in [0.15, 0.2) is 0 Å². The molecule has 1 aromatic carbocycles. The van der Waals surface area contributed by atoms with Crippen LogP contribution in [0.5, 0.6) is 0 Å². The highest BCUT2D eigenvalue weighted by Crippen LogP contribution is 2.20. The average molecular weight is 403 g/mol. The van der Waals surface area contributed by atoms with Gasteiger partial charge in [0.05, 0.1) is 6.61 Å². The Morgan fingerprint density at radius 1 is 0.862 bits per heavy atom. The largest absolute Gasteiger partial charge is 0.465 e. The van der Waals surface area contributed by atoms with Crippen LogP contribution >= 0.6 is 0 Å². The normalized spacial score (nSPS) is 12.1. The third-order valence-corrected chi connectivity index (χ3v) is 6.01. The van der Waals surface area contributed by atoms with Gasteiger partial charge in [-0.05, 0) is 50.2 Å². The number of hydrogen-bond donors (Lipinski definition) is 0. The van der Waals surface area contributed by atoms with E-state index < -0.39 is 0 Å². The quantitative estimate of drug-likeness (QED) is 0.194. The first-order chi connectivity index (χ1) is 14.1. The Morgan fingerprint density at radius 2 is 1.45 bits per heavy atom. The zero-order valence-electron chi connectivity index (χ0n) is 19.7. The van der Waals surface area contributed by atoms with Gasteiger partial charge in [0.2, 0.25) is 0 Å². The van der Waals surface area contributed by atoms with Crippen LogP contribution in [0, 0.1) is 19.8 Å². The Bertz CT molecular complexity index is 549. The van der Waals surface area contributed by atoms with Crippen molar-refractivity contribution in [3.8, 4) is 0 Å². The van der Waals surface area contributed by atoms with Crippen LogP contribution in [-0.2, 0) is 16.0 Å². The maximum Gasteiger partial charge on any atom is 0.306 e. The molecule has 1 unspecified atom stereocenters. The summed E-state index contributed by atoms with van der Waals surface area (Å²) in [6.07, 6.45) is 16.9. The molecule has 0 aliphatic rings. The zero-order chi connectivity index (χ0) is 21.3. The van der Waals surface area contributed by atoms with Gasteiger partial charge in [-0.1, -0.05) is 102 Å². The minimum absolute atomic E-state index is 0.0357. The SMILES string of the molecule is CCCCCCCCC(CCCCCC)COC(=O)CCc1ccc(C)cc1C. The molecule has 0 bridgehead atoms. The van der Waals surface area contributed by atoms with Gasteiger partial charge in [0.25, 0.3) is 0 Å². The van der Waals surface area contributed by atoms with Gasteiger partial charge < -0.3 is 4.74 Å². The van der Waals surface area contributed by atoms with Crippen molar-refractivity contribution in [3.63, 3.8) is 0 Å². The van der Waals surface area contributed by atoms with E-state index in [1.165, 1.54) is 93.7 Å². The average Bonchev–Trinajstić information content (AvgIpc) is 2.70. The highest BCUT2D eigenvalue weighted by Gasteiger charge is 2.13. The Hall–Kier alpha value is -1.31. The molecule has 29 heavy (non-hydrogen) atoms. The van der Waals surface area contributed by atoms with E-state index in [2.05, 4.69) is 45.9 Å². The Labute approximate surface area is 180 Å². The van der Waals surface area contributed by atoms with Gasteiger partial charge in [0, 0.05) is 6.42 Å². The summed E-state index contributed by atoms with van der Waals surface area (Å²) in [6, 6.07) is 6.46. The lowest BCUT2D eigenvalue weighted by Crippen LogP contribution is -2.15. The van der Waals surface area contributed by atoms with Crippen LogP contribution in [0.15, 0.2) is 18.2 Å². The Kier molecular flexibility index (Phi) is 14.6. The van der Waals surface area contributed by atoms with Crippen molar-refractivity contribution in [1.29, 1.82) is 0 Å². The standard InChI is InChI=1S/C27H46O2/c1-5-7-9-11-12-14-16-25(15-13-10-8-6-2)22-29-27(28)20-19-26-18-17-23(3)21-24(26)4/h17-18,21,25H,5-16,19-20,22H2,1-4H3. The number of benzene rings is 1. The summed E-state index contributed by atoms with van der Waals surface area (Å²) in [4.78, 5) is 12.3. The first-order valence-corrected chi connectivity index (χ1v) is 12.3. The highest BCUT2D eigenvalue weighted by molar-refractivity contribution is 5.69. The maximum absolute atomic E-state index is 12.3. The second-order valence-corrected chi connectivity index (χ2v) is 8.88. The lowest BCUT2D eigenvalue weighted by atomic mass is 9.95. The number of unbranched alkanes of at least 4 members (excludes halogenated alkanes) is 8. The number of ether oxygens (including phenoxy) is 1. The predicted molar refractivity (Wildman–Crippen MR) is 125 cm³/mol. The van der Waals surface area contributed by atoms with Gasteiger partial charge in [-0.2, -0.15) is 0 Å². The van der Waals surface area contributed by atoms with Gasteiger partial charge in [-0.15, -0.1) is 0 Å². The first kappa shape index (κ1) is 25.7. The molecule has 0 saturated carbocycles. The van der Waals surface area contributed by atoms with Crippen LogP contribution in [0.4, 0.5) is 0 Å². The van der Waals surface area contributed by atoms with Crippen molar-refractivity contribution in [3.05, 3.63) is 34.9 Å². The fourth-order valence-corrected chi connectivity index (χ4v) is 4.03. The van der Waals surface area contributed by atoms with Crippen LogP contribution in [-0.4, -0.2) is 12.6 Å². The summed E-state index contributed by atoms with van der Waals surface area (Å²) in [7, 11) is 0. The van der Waals surface area contributed by atoms with Crippen molar-refractivity contribution >= 4 is 5.97 Å². The minimum Gasteiger partial charge on any atom is -0.465 e. The van der Waals surface area contributed by atoms with E-state index in [1.807, 2.05) is 0 Å². The fraction of sp³-hybridized carbons (Fsp3) is 0.741. The highest BCUT2D eigenvalue weighted by atomic mass is 16.5. The van der Waals surface area contributed by atoms with Crippen molar-refractivity contribution < 1.29 is 9.53 Å². The summed E-state index contributed by atoms with van der Waals surface area (Å²) in [6.45, 7) is 9.37. The third-order valence-electron chi connectivity index (χ3n) is 6.01. The molecule has 0 aliphatic carbocycles. The number of rotatable bonds is 17. The van der Waals surface area contributed by atoms with Crippen molar-refractivity contribution in [2.45, 2.75) is 118 Å². The maximum atomic E-state index is 12.3. The number of esters is 1. The van der Waals surface area contributed by atoms with Crippen LogP contribution in [0.1, 0.15) is 114 Å². The molecule has 0 aliphatic heterocycles. The number of hydrogen-bond acceptors (Lipinski definition) is 2. The molecule has 0 spiro atoms. The van der Waals surface area contributed by atoms with E-state index in [9.17, 15) is 4.79 Å². The summed E-state index contributed by atoms with van der Waals surface area (Å²) in [5.41, 5.74) is 3.81. The van der Waals surface area contributed by atoms with E-state index in [-0.39, 0.29) is 5.97 Å². The summed E-state index contributed by atoms with van der Waals surface area (Å²) in [5.74, 6) is 0.509. The van der Waals surface area contributed by atoms with Crippen molar-refractivity contribution in [2.75, 3.05) is 6.61 Å². The van der Waals surface area contributed by atoms with Gasteiger partial charge >= 0.3 is 5.97 Å². The van der Waals surface area contributed by atoms with Crippen LogP contribution in [0.3, 0.4) is 0 Å².